The molecule has 8 heteroatoms. The zero-order valence-electron chi connectivity index (χ0n) is 16.4. The van der Waals surface area contributed by atoms with Crippen LogP contribution in [0.4, 0.5) is 5.69 Å². The molecule has 150 valence electrons. The minimum Gasteiger partial charge on any atom is -0.355 e. The summed E-state index contributed by atoms with van der Waals surface area (Å²) < 4.78 is 27.1. The van der Waals surface area contributed by atoms with E-state index in [1.165, 1.54) is 7.05 Å². The van der Waals surface area contributed by atoms with Gasteiger partial charge in [0, 0.05) is 31.3 Å². The summed E-state index contributed by atoms with van der Waals surface area (Å²) in [7, 11) is -2.14. The molecule has 28 heavy (non-hydrogen) atoms. The van der Waals surface area contributed by atoms with Crippen molar-refractivity contribution in [1.82, 2.24) is 10.0 Å². The number of hydrogen-bond acceptors (Lipinski definition) is 4. The molecule has 0 heterocycles. The Morgan fingerprint density at radius 1 is 1.00 bits per heavy atom. The quantitative estimate of drug-likeness (QED) is 0.660. The highest BCUT2D eigenvalue weighted by Gasteiger charge is 2.16. The maximum absolute atomic E-state index is 12.4. The third kappa shape index (κ3) is 5.17. The number of aryl methyl sites for hydroxylation is 2. The van der Waals surface area contributed by atoms with E-state index in [2.05, 4.69) is 15.4 Å². The predicted octanol–water partition coefficient (Wildman–Crippen LogP) is 2.28. The molecule has 2 rings (SSSR count). The highest BCUT2D eigenvalue weighted by molar-refractivity contribution is 7.89. The van der Waals surface area contributed by atoms with Gasteiger partial charge in [0.1, 0.15) is 0 Å². The number of sulfonamides is 1. The van der Waals surface area contributed by atoms with Crippen molar-refractivity contribution in [3.63, 3.8) is 0 Å². The van der Waals surface area contributed by atoms with E-state index in [1.54, 1.807) is 43.3 Å². The van der Waals surface area contributed by atoms with Crippen LogP contribution < -0.4 is 15.4 Å². The molecule has 0 aliphatic carbocycles. The van der Waals surface area contributed by atoms with Crippen LogP contribution in [0, 0.1) is 20.8 Å². The molecule has 0 unspecified atom stereocenters. The smallest absolute Gasteiger partial charge is 0.251 e. The summed E-state index contributed by atoms with van der Waals surface area (Å²) in [5.41, 5.74) is 3.52. The number of rotatable bonds is 7. The van der Waals surface area contributed by atoms with Crippen molar-refractivity contribution in [3.8, 4) is 0 Å². The van der Waals surface area contributed by atoms with Gasteiger partial charge in [-0.1, -0.05) is 12.1 Å². The summed E-state index contributed by atoms with van der Waals surface area (Å²) in [6.45, 7) is 5.46. The number of benzene rings is 2. The van der Waals surface area contributed by atoms with Gasteiger partial charge in [0.05, 0.1) is 4.90 Å². The Morgan fingerprint density at radius 3 is 2.36 bits per heavy atom. The largest absolute Gasteiger partial charge is 0.355 e. The van der Waals surface area contributed by atoms with E-state index in [-0.39, 0.29) is 29.7 Å². The molecule has 0 aromatic heterocycles. The van der Waals surface area contributed by atoms with Gasteiger partial charge >= 0.3 is 0 Å². The number of carbonyl (C=O) groups is 2. The predicted molar refractivity (Wildman–Crippen MR) is 109 cm³/mol. The molecular formula is C20H25N3O4S. The summed E-state index contributed by atoms with van der Waals surface area (Å²) in [5.74, 6) is -0.588. The lowest BCUT2D eigenvalue weighted by Crippen LogP contribution is -2.28. The van der Waals surface area contributed by atoms with E-state index in [0.717, 1.165) is 11.1 Å². The van der Waals surface area contributed by atoms with Crippen LogP contribution in [0.25, 0.3) is 0 Å². The number of nitrogens with one attached hydrogen (secondary N) is 3. The molecule has 2 aromatic carbocycles. The summed E-state index contributed by atoms with van der Waals surface area (Å²) >= 11 is 0. The van der Waals surface area contributed by atoms with Crippen LogP contribution in [-0.4, -0.2) is 33.8 Å². The maximum Gasteiger partial charge on any atom is 0.251 e. The van der Waals surface area contributed by atoms with Crippen molar-refractivity contribution in [3.05, 3.63) is 58.7 Å². The van der Waals surface area contributed by atoms with Crippen LogP contribution in [0.5, 0.6) is 0 Å². The van der Waals surface area contributed by atoms with E-state index in [4.69, 9.17) is 0 Å². The molecule has 0 bridgehead atoms. The number of anilines is 1. The summed E-state index contributed by atoms with van der Waals surface area (Å²) in [4.78, 5) is 24.2. The molecule has 0 saturated carbocycles. The average molecular weight is 404 g/mol. The highest BCUT2D eigenvalue weighted by Crippen LogP contribution is 2.19. The van der Waals surface area contributed by atoms with Crippen molar-refractivity contribution in [2.24, 2.45) is 0 Å². The third-order valence-corrected chi connectivity index (χ3v) is 5.97. The molecule has 0 saturated heterocycles. The zero-order chi connectivity index (χ0) is 20.9. The lowest BCUT2D eigenvalue weighted by molar-refractivity contribution is -0.116. The van der Waals surface area contributed by atoms with Crippen molar-refractivity contribution < 1.29 is 18.0 Å². The maximum atomic E-state index is 12.4. The normalized spacial score (nSPS) is 11.1. The topological polar surface area (TPSA) is 104 Å². The molecule has 3 N–H and O–H groups in total. The molecule has 0 atom stereocenters. The van der Waals surface area contributed by atoms with E-state index in [1.807, 2.05) is 13.8 Å². The standard InChI is InChI=1S/C20H25N3O4S/c1-13-8-9-16(12-14(13)2)28(26,27)22-11-10-19(24)23-18-7-5-6-17(15(18)3)20(25)21-4/h5-9,12,22H,10-11H2,1-4H3,(H,21,25)(H,23,24). The van der Waals surface area contributed by atoms with Crippen LogP contribution in [0.15, 0.2) is 41.3 Å². The Kier molecular flexibility index (Phi) is 6.93. The van der Waals surface area contributed by atoms with Gasteiger partial charge < -0.3 is 10.6 Å². The molecule has 0 spiro atoms. The fraction of sp³-hybridized carbons (Fsp3) is 0.300. The van der Waals surface area contributed by atoms with E-state index < -0.39 is 10.0 Å². The number of hydrogen-bond donors (Lipinski definition) is 3. The molecular weight excluding hydrogens is 378 g/mol. The fourth-order valence-electron chi connectivity index (χ4n) is 2.63. The van der Waals surface area contributed by atoms with E-state index in [0.29, 0.717) is 16.8 Å². The molecule has 0 radical (unpaired) electrons. The van der Waals surface area contributed by atoms with Gasteiger partial charge in [-0.05, 0) is 61.7 Å². The Labute approximate surface area is 165 Å². The van der Waals surface area contributed by atoms with E-state index in [9.17, 15) is 18.0 Å². The molecule has 7 nitrogen and oxygen atoms in total. The second-order valence-corrected chi connectivity index (χ2v) is 8.27. The van der Waals surface area contributed by atoms with Gasteiger partial charge in [-0.3, -0.25) is 9.59 Å². The Morgan fingerprint density at radius 2 is 1.71 bits per heavy atom. The van der Waals surface area contributed by atoms with Gasteiger partial charge in [0.25, 0.3) is 5.91 Å². The third-order valence-electron chi connectivity index (χ3n) is 4.51. The Balaban J connectivity index is 1.98. The van der Waals surface area contributed by atoms with Gasteiger partial charge in [-0.2, -0.15) is 0 Å². The highest BCUT2D eigenvalue weighted by atomic mass is 32.2. The number of carbonyl (C=O) groups excluding carboxylic acids is 2. The summed E-state index contributed by atoms with van der Waals surface area (Å²) in [5, 5.41) is 5.27. The van der Waals surface area contributed by atoms with Gasteiger partial charge in [-0.15, -0.1) is 0 Å². The molecule has 2 aromatic rings. The molecule has 0 aliphatic heterocycles. The Bertz CT molecular complexity index is 1000. The lowest BCUT2D eigenvalue weighted by atomic mass is 10.1. The SMILES string of the molecule is CNC(=O)c1cccc(NC(=O)CCNS(=O)(=O)c2ccc(C)c(C)c2)c1C. The fourth-order valence-corrected chi connectivity index (χ4v) is 3.74. The van der Waals surface area contributed by atoms with Crippen molar-refractivity contribution >= 4 is 27.5 Å². The summed E-state index contributed by atoms with van der Waals surface area (Å²) in [6, 6.07) is 9.93. The van der Waals surface area contributed by atoms with Crippen molar-refractivity contribution in [1.29, 1.82) is 0 Å². The first-order chi connectivity index (χ1) is 13.2. The molecule has 0 aliphatic rings. The summed E-state index contributed by atoms with van der Waals surface area (Å²) in [6.07, 6.45) is -0.0340. The van der Waals surface area contributed by atoms with Crippen LogP contribution in [-0.2, 0) is 14.8 Å². The Hall–Kier alpha value is -2.71. The van der Waals surface area contributed by atoms with Crippen LogP contribution in [0.2, 0.25) is 0 Å². The van der Waals surface area contributed by atoms with Crippen LogP contribution in [0.3, 0.4) is 0 Å². The van der Waals surface area contributed by atoms with Crippen molar-refractivity contribution in [2.45, 2.75) is 32.1 Å². The first-order valence-electron chi connectivity index (χ1n) is 8.84. The van der Waals surface area contributed by atoms with Gasteiger partial charge in [0.15, 0.2) is 0 Å². The molecule has 0 fully saturated rings. The number of amides is 2. The lowest BCUT2D eigenvalue weighted by Gasteiger charge is -2.12. The van der Waals surface area contributed by atoms with Gasteiger partial charge in [-0.25, -0.2) is 13.1 Å². The monoisotopic (exact) mass is 403 g/mol. The van der Waals surface area contributed by atoms with Gasteiger partial charge in [0.2, 0.25) is 15.9 Å². The van der Waals surface area contributed by atoms with Crippen molar-refractivity contribution in [2.75, 3.05) is 18.9 Å². The second-order valence-electron chi connectivity index (χ2n) is 6.50. The second kappa shape index (κ2) is 8.99. The first kappa shape index (κ1) is 21.6. The minimum absolute atomic E-state index is 0.0325. The van der Waals surface area contributed by atoms with Crippen LogP contribution >= 0.6 is 0 Å². The first-order valence-corrected chi connectivity index (χ1v) is 10.3. The average Bonchev–Trinajstić information content (AvgIpc) is 2.64. The minimum atomic E-state index is -3.68. The molecule has 2 amide bonds. The van der Waals surface area contributed by atoms with Crippen LogP contribution in [0.1, 0.15) is 33.5 Å². The van der Waals surface area contributed by atoms with E-state index >= 15 is 0 Å². The zero-order valence-corrected chi connectivity index (χ0v) is 17.2.